The van der Waals surface area contributed by atoms with Crippen molar-refractivity contribution in [2.45, 2.75) is 11.4 Å². The first-order valence-electron chi connectivity index (χ1n) is 6.42. The lowest BCUT2D eigenvalue weighted by atomic mass is 10.1. The summed E-state index contributed by atoms with van der Waals surface area (Å²) in [6.45, 7) is -0.0118. The van der Waals surface area contributed by atoms with E-state index in [1.165, 1.54) is 18.2 Å². The Hall–Kier alpha value is -2.52. The van der Waals surface area contributed by atoms with Gasteiger partial charge in [-0.15, -0.1) is 0 Å². The van der Waals surface area contributed by atoms with E-state index in [0.29, 0.717) is 0 Å². The van der Waals surface area contributed by atoms with Gasteiger partial charge in [0.15, 0.2) is 9.84 Å². The molecular formula is C14H12ClNO7S. The summed E-state index contributed by atoms with van der Waals surface area (Å²) < 4.78 is 28.3. The zero-order chi connectivity index (χ0) is 18.1. The number of sulfone groups is 1. The first-order valence-corrected chi connectivity index (χ1v) is 8.69. The Kier molecular flexibility index (Phi) is 4.86. The molecule has 8 nitrogen and oxygen atoms in total. The first kappa shape index (κ1) is 17.8. The molecule has 0 aliphatic carbocycles. The number of nitrogens with one attached hydrogen (secondary N) is 1. The number of furan rings is 1. The second-order valence-corrected chi connectivity index (χ2v) is 7.22. The molecule has 2 rings (SSSR count). The normalized spacial score (nSPS) is 11.2. The molecule has 10 heteroatoms. The highest BCUT2D eigenvalue weighted by atomic mass is 35.5. The van der Waals surface area contributed by atoms with Gasteiger partial charge < -0.3 is 19.9 Å². The fourth-order valence-corrected chi connectivity index (χ4v) is 3.26. The molecule has 1 heterocycles. The number of benzene rings is 1. The predicted molar refractivity (Wildman–Crippen MR) is 84.5 cm³/mol. The van der Waals surface area contributed by atoms with Gasteiger partial charge >= 0.3 is 11.9 Å². The molecule has 0 spiro atoms. The van der Waals surface area contributed by atoms with Crippen molar-refractivity contribution in [3.63, 3.8) is 0 Å². The van der Waals surface area contributed by atoms with Crippen LogP contribution in [0.3, 0.4) is 0 Å². The van der Waals surface area contributed by atoms with Gasteiger partial charge in [-0.1, -0.05) is 11.6 Å². The molecule has 1 aromatic heterocycles. The van der Waals surface area contributed by atoms with Crippen LogP contribution in [0.15, 0.2) is 33.6 Å². The molecule has 0 bridgehead atoms. The van der Waals surface area contributed by atoms with Gasteiger partial charge in [0.25, 0.3) is 0 Å². The fraction of sp³-hybridized carbons (Fsp3) is 0.143. The molecule has 1 aromatic carbocycles. The Morgan fingerprint density at radius 2 is 1.88 bits per heavy atom. The Labute approximate surface area is 141 Å². The van der Waals surface area contributed by atoms with Crippen molar-refractivity contribution in [3.05, 3.63) is 46.4 Å². The Balaban J connectivity index is 2.33. The summed E-state index contributed by atoms with van der Waals surface area (Å²) in [4.78, 5) is 21.8. The van der Waals surface area contributed by atoms with Gasteiger partial charge in [-0.25, -0.2) is 18.0 Å². The summed E-state index contributed by atoms with van der Waals surface area (Å²) in [5.41, 5.74) is -0.210. The number of carboxylic acid groups (broad SMARTS) is 2. The van der Waals surface area contributed by atoms with Crippen LogP contribution in [0.2, 0.25) is 5.02 Å². The second kappa shape index (κ2) is 6.54. The third kappa shape index (κ3) is 3.87. The van der Waals surface area contributed by atoms with Crippen LogP contribution in [0.4, 0.5) is 5.69 Å². The van der Waals surface area contributed by atoms with Crippen LogP contribution >= 0.6 is 11.6 Å². The standard InChI is InChI=1S/C14H12ClNO7S/c1-24(21,22)12-4-8(13(17)18)10(5-9(12)15)16-6-7-2-3-11(23-7)14(19)20/h2-5,16H,6H2,1H3,(H,17,18)(H,19,20). The minimum absolute atomic E-state index is 0.0118. The van der Waals surface area contributed by atoms with Crippen LogP contribution in [0, 0.1) is 0 Å². The fourth-order valence-electron chi connectivity index (χ4n) is 1.93. The molecule has 0 radical (unpaired) electrons. The van der Waals surface area contributed by atoms with Gasteiger partial charge in [-0.05, 0) is 24.3 Å². The van der Waals surface area contributed by atoms with E-state index in [2.05, 4.69) is 5.32 Å². The highest BCUT2D eigenvalue weighted by molar-refractivity contribution is 7.90. The van der Waals surface area contributed by atoms with Crippen molar-refractivity contribution in [2.75, 3.05) is 11.6 Å². The monoisotopic (exact) mass is 373 g/mol. The minimum Gasteiger partial charge on any atom is -0.478 e. The number of anilines is 1. The Morgan fingerprint density at radius 3 is 2.38 bits per heavy atom. The molecule has 2 aromatic rings. The summed E-state index contributed by atoms with van der Waals surface area (Å²) in [5, 5.41) is 20.6. The van der Waals surface area contributed by atoms with E-state index < -0.39 is 21.8 Å². The van der Waals surface area contributed by atoms with Gasteiger partial charge in [-0.3, -0.25) is 0 Å². The average molecular weight is 374 g/mol. The lowest BCUT2D eigenvalue weighted by Crippen LogP contribution is -2.09. The molecule has 128 valence electrons. The predicted octanol–water partition coefficient (Wildman–Crippen LogP) is 2.34. The van der Waals surface area contributed by atoms with Crippen molar-refractivity contribution < 1.29 is 32.6 Å². The van der Waals surface area contributed by atoms with Crippen LogP contribution in [0.1, 0.15) is 26.7 Å². The van der Waals surface area contributed by atoms with E-state index in [-0.39, 0.29) is 39.2 Å². The zero-order valence-electron chi connectivity index (χ0n) is 12.2. The molecule has 0 saturated heterocycles. The Bertz CT molecular complexity index is 917. The number of hydrogen-bond acceptors (Lipinski definition) is 6. The number of hydrogen-bond donors (Lipinski definition) is 3. The molecule has 0 unspecified atom stereocenters. The quantitative estimate of drug-likeness (QED) is 0.702. The molecule has 0 amide bonds. The maximum absolute atomic E-state index is 11.6. The van der Waals surface area contributed by atoms with Crippen LogP contribution in [-0.2, 0) is 16.4 Å². The molecule has 0 fully saturated rings. The smallest absolute Gasteiger partial charge is 0.371 e. The average Bonchev–Trinajstić information content (AvgIpc) is 2.92. The van der Waals surface area contributed by atoms with Crippen molar-refractivity contribution in [1.29, 1.82) is 0 Å². The number of carbonyl (C=O) groups is 2. The van der Waals surface area contributed by atoms with Crippen molar-refractivity contribution in [3.8, 4) is 0 Å². The zero-order valence-corrected chi connectivity index (χ0v) is 13.8. The number of rotatable bonds is 6. The van der Waals surface area contributed by atoms with Crippen LogP contribution < -0.4 is 5.32 Å². The topological polar surface area (TPSA) is 134 Å². The molecule has 0 aliphatic heterocycles. The summed E-state index contributed by atoms with van der Waals surface area (Å²) in [7, 11) is -3.69. The van der Waals surface area contributed by atoms with Gasteiger partial charge in [0.2, 0.25) is 5.76 Å². The van der Waals surface area contributed by atoms with E-state index in [1.54, 1.807) is 0 Å². The highest BCUT2D eigenvalue weighted by Gasteiger charge is 2.20. The molecule has 0 aliphatic rings. The molecule has 0 saturated carbocycles. The minimum atomic E-state index is -3.69. The van der Waals surface area contributed by atoms with E-state index in [0.717, 1.165) is 12.3 Å². The molecule has 24 heavy (non-hydrogen) atoms. The van der Waals surface area contributed by atoms with Crippen molar-refractivity contribution >= 4 is 39.1 Å². The lowest BCUT2D eigenvalue weighted by Gasteiger charge is -2.11. The summed E-state index contributed by atoms with van der Waals surface area (Å²) in [6, 6.07) is 4.83. The SMILES string of the molecule is CS(=O)(=O)c1cc(C(=O)O)c(NCc2ccc(C(=O)O)o2)cc1Cl. The first-order chi connectivity index (χ1) is 11.1. The summed E-state index contributed by atoms with van der Waals surface area (Å²) in [5.74, 6) is -2.57. The highest BCUT2D eigenvalue weighted by Crippen LogP contribution is 2.29. The van der Waals surface area contributed by atoms with Gasteiger partial charge in [0.1, 0.15) is 5.76 Å². The maximum atomic E-state index is 11.6. The number of halogens is 1. The lowest BCUT2D eigenvalue weighted by molar-refractivity contribution is 0.0658. The van der Waals surface area contributed by atoms with E-state index >= 15 is 0 Å². The number of carboxylic acids is 2. The summed E-state index contributed by atoms with van der Waals surface area (Å²) >= 11 is 5.90. The molecular weight excluding hydrogens is 362 g/mol. The van der Waals surface area contributed by atoms with Crippen LogP contribution in [-0.4, -0.2) is 36.8 Å². The maximum Gasteiger partial charge on any atom is 0.371 e. The molecule has 0 atom stereocenters. The van der Waals surface area contributed by atoms with Gasteiger partial charge in [0.05, 0.1) is 27.7 Å². The van der Waals surface area contributed by atoms with Crippen molar-refractivity contribution in [2.24, 2.45) is 0 Å². The van der Waals surface area contributed by atoms with Crippen LogP contribution in [0.25, 0.3) is 0 Å². The third-order valence-corrected chi connectivity index (χ3v) is 4.59. The van der Waals surface area contributed by atoms with E-state index in [4.69, 9.17) is 21.1 Å². The second-order valence-electron chi connectivity index (χ2n) is 4.83. The number of aromatic carboxylic acids is 2. The molecule has 3 N–H and O–H groups in total. The van der Waals surface area contributed by atoms with Gasteiger partial charge in [-0.2, -0.15) is 0 Å². The van der Waals surface area contributed by atoms with Crippen molar-refractivity contribution in [1.82, 2.24) is 0 Å². The van der Waals surface area contributed by atoms with E-state index in [9.17, 15) is 23.1 Å². The summed E-state index contributed by atoms with van der Waals surface area (Å²) in [6.07, 6.45) is 0.920. The van der Waals surface area contributed by atoms with Crippen LogP contribution in [0.5, 0.6) is 0 Å². The van der Waals surface area contributed by atoms with Gasteiger partial charge in [0, 0.05) is 6.26 Å². The Morgan fingerprint density at radius 1 is 1.21 bits per heavy atom. The van der Waals surface area contributed by atoms with E-state index in [1.807, 2.05) is 0 Å². The largest absolute Gasteiger partial charge is 0.478 e. The third-order valence-electron chi connectivity index (χ3n) is 3.03.